The number of amides is 1. The van der Waals surface area contributed by atoms with Crippen molar-refractivity contribution in [2.75, 3.05) is 11.4 Å². The molecule has 1 unspecified atom stereocenters. The Labute approximate surface area is 107 Å². The van der Waals surface area contributed by atoms with E-state index in [-0.39, 0.29) is 23.7 Å². The number of nitrogens with two attached hydrogens (primary N) is 1. The molecule has 1 heterocycles. The van der Waals surface area contributed by atoms with Crippen LogP contribution in [0.25, 0.3) is 0 Å². The maximum Gasteiger partial charge on any atom is 0.228 e. The molecule has 0 fully saturated rings. The zero-order valence-electron chi connectivity index (χ0n) is 10.8. The maximum absolute atomic E-state index is 13.2. The van der Waals surface area contributed by atoms with Crippen LogP contribution >= 0.6 is 0 Å². The van der Waals surface area contributed by atoms with Crippen molar-refractivity contribution < 1.29 is 9.18 Å². The van der Waals surface area contributed by atoms with Gasteiger partial charge in [-0.2, -0.15) is 0 Å². The number of rotatable bonds is 3. The van der Waals surface area contributed by atoms with E-state index < -0.39 is 0 Å². The normalized spacial score (nSPS) is 15.9. The van der Waals surface area contributed by atoms with Crippen LogP contribution in [0.3, 0.4) is 0 Å². The summed E-state index contributed by atoms with van der Waals surface area (Å²) in [5.41, 5.74) is 7.65. The second-order valence-electron chi connectivity index (χ2n) is 5.18. The van der Waals surface area contributed by atoms with Crippen LogP contribution in [0, 0.1) is 11.7 Å². The summed E-state index contributed by atoms with van der Waals surface area (Å²) in [6.07, 6.45) is 1.10. The number of benzene rings is 1. The largest absolute Gasteiger partial charge is 0.327 e. The highest BCUT2D eigenvalue weighted by Gasteiger charge is 2.26. The highest BCUT2D eigenvalue weighted by molar-refractivity contribution is 5.95. The Morgan fingerprint density at radius 1 is 1.50 bits per heavy atom. The SMILES string of the molecule is CC(C)C(N)CC(=O)N1CCc2ccc(F)cc21. The fourth-order valence-electron chi connectivity index (χ4n) is 2.16. The summed E-state index contributed by atoms with van der Waals surface area (Å²) in [5, 5.41) is 0. The molecule has 1 aliphatic heterocycles. The first-order valence-corrected chi connectivity index (χ1v) is 6.33. The van der Waals surface area contributed by atoms with E-state index in [9.17, 15) is 9.18 Å². The van der Waals surface area contributed by atoms with Gasteiger partial charge in [-0.05, 0) is 30.0 Å². The number of carbonyl (C=O) groups is 1. The molecule has 2 N–H and O–H groups in total. The molecule has 98 valence electrons. The Kier molecular flexibility index (Phi) is 3.66. The number of nitrogens with zero attached hydrogens (tertiary/aromatic N) is 1. The van der Waals surface area contributed by atoms with Crippen LogP contribution in [-0.2, 0) is 11.2 Å². The first kappa shape index (κ1) is 13.0. The van der Waals surface area contributed by atoms with Gasteiger partial charge in [-0.1, -0.05) is 19.9 Å². The lowest BCUT2D eigenvalue weighted by molar-refractivity contribution is -0.119. The lowest BCUT2D eigenvalue weighted by atomic mass is 10.0. The van der Waals surface area contributed by atoms with Crippen molar-refractivity contribution in [2.24, 2.45) is 11.7 Å². The highest BCUT2D eigenvalue weighted by atomic mass is 19.1. The van der Waals surface area contributed by atoms with Crippen LogP contribution in [0.1, 0.15) is 25.8 Å². The summed E-state index contributed by atoms with van der Waals surface area (Å²) in [4.78, 5) is 13.8. The lowest BCUT2D eigenvalue weighted by Gasteiger charge is -2.21. The lowest BCUT2D eigenvalue weighted by Crippen LogP contribution is -2.37. The highest BCUT2D eigenvalue weighted by Crippen LogP contribution is 2.29. The van der Waals surface area contributed by atoms with Gasteiger partial charge >= 0.3 is 0 Å². The van der Waals surface area contributed by atoms with E-state index in [0.29, 0.717) is 18.7 Å². The van der Waals surface area contributed by atoms with Gasteiger partial charge in [0, 0.05) is 24.7 Å². The van der Waals surface area contributed by atoms with Crippen molar-refractivity contribution in [3.05, 3.63) is 29.6 Å². The number of carbonyl (C=O) groups excluding carboxylic acids is 1. The third kappa shape index (κ3) is 2.53. The van der Waals surface area contributed by atoms with Gasteiger partial charge in [0.25, 0.3) is 0 Å². The molecular formula is C14H19FN2O. The second kappa shape index (κ2) is 5.06. The van der Waals surface area contributed by atoms with Crippen molar-refractivity contribution in [3.63, 3.8) is 0 Å². The third-order valence-corrected chi connectivity index (χ3v) is 3.51. The molecule has 18 heavy (non-hydrogen) atoms. The van der Waals surface area contributed by atoms with Gasteiger partial charge in [0.1, 0.15) is 5.82 Å². The Bertz CT molecular complexity index is 459. The Morgan fingerprint density at radius 3 is 2.89 bits per heavy atom. The van der Waals surface area contributed by atoms with Gasteiger partial charge in [0.15, 0.2) is 0 Å². The standard InChI is InChI=1S/C14H19FN2O/c1-9(2)12(16)8-14(18)17-6-5-10-3-4-11(15)7-13(10)17/h3-4,7,9,12H,5-6,8,16H2,1-2H3. The first-order chi connectivity index (χ1) is 8.49. The zero-order chi connectivity index (χ0) is 13.3. The molecule has 1 atom stereocenters. The summed E-state index contributed by atoms with van der Waals surface area (Å²) < 4.78 is 13.2. The summed E-state index contributed by atoms with van der Waals surface area (Å²) in [6.45, 7) is 4.62. The van der Waals surface area contributed by atoms with E-state index in [0.717, 1.165) is 12.0 Å². The summed E-state index contributed by atoms with van der Waals surface area (Å²) in [7, 11) is 0. The average Bonchev–Trinajstić information content (AvgIpc) is 2.71. The molecule has 0 spiro atoms. The molecule has 0 saturated heterocycles. The molecule has 2 rings (SSSR count). The fraction of sp³-hybridized carbons (Fsp3) is 0.500. The van der Waals surface area contributed by atoms with E-state index in [1.807, 2.05) is 13.8 Å². The molecule has 3 nitrogen and oxygen atoms in total. The minimum absolute atomic E-state index is 0.0134. The zero-order valence-corrected chi connectivity index (χ0v) is 10.8. The maximum atomic E-state index is 13.2. The third-order valence-electron chi connectivity index (χ3n) is 3.51. The van der Waals surface area contributed by atoms with Crippen molar-refractivity contribution in [1.82, 2.24) is 0 Å². The Morgan fingerprint density at radius 2 is 2.22 bits per heavy atom. The van der Waals surface area contributed by atoms with Crippen LogP contribution in [0.2, 0.25) is 0 Å². The summed E-state index contributed by atoms with van der Waals surface area (Å²) in [5.74, 6) is -0.0503. The number of hydrogen-bond donors (Lipinski definition) is 1. The van der Waals surface area contributed by atoms with Gasteiger partial charge in [0.2, 0.25) is 5.91 Å². The van der Waals surface area contributed by atoms with E-state index in [1.54, 1.807) is 11.0 Å². The molecule has 1 amide bonds. The van der Waals surface area contributed by atoms with Gasteiger partial charge in [-0.25, -0.2) is 4.39 Å². The minimum atomic E-state index is -0.304. The van der Waals surface area contributed by atoms with Crippen LogP contribution in [-0.4, -0.2) is 18.5 Å². The average molecular weight is 250 g/mol. The predicted octanol–water partition coefficient (Wildman–Crippen LogP) is 2.09. The molecule has 0 saturated carbocycles. The topological polar surface area (TPSA) is 46.3 Å². The first-order valence-electron chi connectivity index (χ1n) is 6.33. The fourth-order valence-corrected chi connectivity index (χ4v) is 2.16. The minimum Gasteiger partial charge on any atom is -0.327 e. The molecule has 0 bridgehead atoms. The Hall–Kier alpha value is -1.42. The van der Waals surface area contributed by atoms with Crippen molar-refractivity contribution in [3.8, 4) is 0 Å². The van der Waals surface area contributed by atoms with Crippen LogP contribution in [0.4, 0.5) is 10.1 Å². The van der Waals surface area contributed by atoms with Crippen LogP contribution in [0.5, 0.6) is 0 Å². The second-order valence-corrected chi connectivity index (χ2v) is 5.18. The molecule has 1 aromatic carbocycles. The molecular weight excluding hydrogens is 231 g/mol. The number of halogens is 1. The number of anilines is 1. The smallest absolute Gasteiger partial charge is 0.228 e. The van der Waals surface area contributed by atoms with Crippen molar-refractivity contribution >= 4 is 11.6 Å². The van der Waals surface area contributed by atoms with Gasteiger partial charge in [-0.3, -0.25) is 4.79 Å². The van der Waals surface area contributed by atoms with Gasteiger partial charge in [-0.15, -0.1) is 0 Å². The summed E-state index contributed by atoms with van der Waals surface area (Å²) >= 11 is 0. The molecule has 1 aliphatic rings. The molecule has 0 aliphatic carbocycles. The van der Waals surface area contributed by atoms with E-state index in [4.69, 9.17) is 5.73 Å². The molecule has 0 radical (unpaired) electrons. The summed E-state index contributed by atoms with van der Waals surface area (Å²) in [6, 6.07) is 4.48. The van der Waals surface area contributed by atoms with E-state index in [1.165, 1.54) is 12.1 Å². The molecule has 0 aromatic heterocycles. The van der Waals surface area contributed by atoms with Gasteiger partial charge in [0.05, 0.1) is 0 Å². The van der Waals surface area contributed by atoms with Crippen molar-refractivity contribution in [1.29, 1.82) is 0 Å². The van der Waals surface area contributed by atoms with Gasteiger partial charge < -0.3 is 10.6 Å². The van der Waals surface area contributed by atoms with Crippen LogP contribution in [0.15, 0.2) is 18.2 Å². The number of fused-ring (bicyclic) bond motifs is 1. The van der Waals surface area contributed by atoms with Crippen LogP contribution < -0.4 is 10.6 Å². The van der Waals surface area contributed by atoms with E-state index >= 15 is 0 Å². The molecule has 1 aromatic rings. The monoisotopic (exact) mass is 250 g/mol. The van der Waals surface area contributed by atoms with E-state index in [2.05, 4.69) is 0 Å². The molecule has 4 heteroatoms. The van der Waals surface area contributed by atoms with Crippen molar-refractivity contribution in [2.45, 2.75) is 32.7 Å². The Balaban J connectivity index is 2.13. The predicted molar refractivity (Wildman–Crippen MR) is 69.9 cm³/mol. The quantitative estimate of drug-likeness (QED) is 0.892. The number of hydrogen-bond acceptors (Lipinski definition) is 2.